The number of nitrogens with one attached hydrogen (secondary N) is 1. The molecule has 2 aromatic heterocycles. The van der Waals surface area contributed by atoms with E-state index in [2.05, 4.69) is 25.2 Å². The molecule has 0 atom stereocenters. The Morgan fingerprint density at radius 3 is 2.46 bits per heavy atom. The van der Waals surface area contributed by atoms with E-state index in [9.17, 15) is 27.9 Å². The molecular formula is C27H29F3N6O4S. The second kappa shape index (κ2) is 12.0. The van der Waals surface area contributed by atoms with Gasteiger partial charge in [0.05, 0.1) is 36.7 Å². The number of hydrogen-bond donors (Lipinski definition) is 2. The van der Waals surface area contributed by atoms with E-state index in [0.717, 1.165) is 36.9 Å². The van der Waals surface area contributed by atoms with Crippen molar-refractivity contribution in [3.8, 4) is 17.0 Å². The molecule has 2 aliphatic heterocycles. The minimum atomic E-state index is -4.61. The van der Waals surface area contributed by atoms with Crippen LogP contribution in [0.5, 0.6) is 5.75 Å². The highest BCUT2D eigenvalue weighted by molar-refractivity contribution is 7.16. The first-order chi connectivity index (χ1) is 19.6. The Morgan fingerprint density at radius 2 is 1.85 bits per heavy atom. The molecule has 0 bridgehead atoms. The van der Waals surface area contributed by atoms with E-state index in [-0.39, 0.29) is 28.1 Å². The Morgan fingerprint density at radius 1 is 1.12 bits per heavy atom. The van der Waals surface area contributed by atoms with Crippen LogP contribution in [0.2, 0.25) is 0 Å². The van der Waals surface area contributed by atoms with Crippen LogP contribution in [0.4, 0.5) is 24.1 Å². The number of nitrogens with zero attached hydrogens (tertiary/aromatic N) is 5. The van der Waals surface area contributed by atoms with Crippen LogP contribution >= 0.6 is 11.3 Å². The number of carbonyl (C=O) groups is 2. The fourth-order valence-electron chi connectivity index (χ4n) is 5.08. The van der Waals surface area contributed by atoms with Crippen LogP contribution in [0.1, 0.15) is 46.6 Å². The van der Waals surface area contributed by atoms with Crippen LogP contribution in [0.15, 0.2) is 30.6 Å². The molecule has 2 N–H and O–H groups in total. The van der Waals surface area contributed by atoms with Gasteiger partial charge in [-0.05, 0) is 57.0 Å². The monoisotopic (exact) mass is 590 g/mol. The van der Waals surface area contributed by atoms with Crippen LogP contribution < -0.4 is 15.0 Å². The summed E-state index contributed by atoms with van der Waals surface area (Å²) < 4.78 is 46.1. The summed E-state index contributed by atoms with van der Waals surface area (Å²) in [5, 5.41) is 12.1. The number of amides is 1. The largest absolute Gasteiger partial charge is 0.496 e. The van der Waals surface area contributed by atoms with Crippen molar-refractivity contribution < 1.29 is 32.6 Å². The SMILES string of the molecule is COc1ccc(-c2nc(NC(=O)c3cnc(N4CCC(C(=O)O)CC4)cn3)sc2CN2CCCC2)cc1C(F)(F)F. The number of aromatic nitrogens is 3. The quantitative estimate of drug-likeness (QED) is 0.382. The molecule has 0 aliphatic carbocycles. The van der Waals surface area contributed by atoms with Gasteiger partial charge in [-0.3, -0.25) is 19.8 Å². The van der Waals surface area contributed by atoms with Gasteiger partial charge in [-0.15, -0.1) is 0 Å². The number of benzene rings is 1. The van der Waals surface area contributed by atoms with Gasteiger partial charge in [0, 0.05) is 30.1 Å². The van der Waals surface area contributed by atoms with Crippen molar-refractivity contribution in [1.29, 1.82) is 0 Å². The second-order valence-electron chi connectivity index (χ2n) is 10.0. The first kappa shape index (κ1) is 28.7. The van der Waals surface area contributed by atoms with Crippen molar-refractivity contribution in [3.63, 3.8) is 0 Å². The van der Waals surface area contributed by atoms with E-state index in [1.54, 1.807) is 0 Å². The average Bonchev–Trinajstić information content (AvgIpc) is 3.62. The number of likely N-dealkylation sites (tertiary alicyclic amines) is 1. The number of carboxylic acids is 1. The zero-order chi connectivity index (χ0) is 29.1. The zero-order valence-corrected chi connectivity index (χ0v) is 23.1. The van der Waals surface area contributed by atoms with Crippen LogP contribution in [-0.2, 0) is 17.5 Å². The number of alkyl halides is 3. The molecule has 4 heterocycles. The van der Waals surface area contributed by atoms with Gasteiger partial charge in [0.15, 0.2) is 5.13 Å². The standard InChI is InChI=1S/C27H29F3N6O4S/c1-40-20-5-4-17(12-18(20)27(28,29)30)23-21(15-35-8-2-3-9-35)41-26(33-23)34-24(37)19-13-32-22(14-31-19)36-10-6-16(7-11-36)25(38)39/h4-5,12-14,16H,2-3,6-11,15H2,1H3,(H,38,39)(H,33,34,37). The topological polar surface area (TPSA) is 121 Å². The third kappa shape index (κ3) is 6.59. The van der Waals surface area contributed by atoms with Crippen molar-refractivity contribution >= 4 is 34.2 Å². The first-order valence-electron chi connectivity index (χ1n) is 13.2. The van der Waals surface area contributed by atoms with Crippen LogP contribution in [0.3, 0.4) is 0 Å². The number of carbonyl (C=O) groups excluding carboxylic acids is 1. The van der Waals surface area contributed by atoms with E-state index in [1.807, 2.05) is 4.90 Å². The number of piperidine rings is 1. The minimum Gasteiger partial charge on any atom is -0.496 e. The lowest BCUT2D eigenvalue weighted by atomic mass is 9.97. The van der Waals surface area contributed by atoms with Crippen molar-refractivity contribution in [2.75, 3.05) is 43.5 Å². The highest BCUT2D eigenvalue weighted by Crippen LogP contribution is 2.40. The molecule has 41 heavy (non-hydrogen) atoms. The van der Waals surface area contributed by atoms with Crippen LogP contribution in [0, 0.1) is 5.92 Å². The Kier molecular flexibility index (Phi) is 8.40. The molecule has 0 saturated carbocycles. The molecule has 2 fully saturated rings. The van der Waals surface area contributed by atoms with Gasteiger partial charge in [-0.25, -0.2) is 15.0 Å². The van der Waals surface area contributed by atoms with Crippen molar-refractivity contribution in [2.45, 2.75) is 38.4 Å². The molecule has 2 aliphatic rings. The zero-order valence-electron chi connectivity index (χ0n) is 22.3. The second-order valence-corrected chi connectivity index (χ2v) is 11.1. The summed E-state index contributed by atoms with van der Waals surface area (Å²) in [6, 6.07) is 3.83. The van der Waals surface area contributed by atoms with Gasteiger partial charge in [0.2, 0.25) is 0 Å². The predicted molar refractivity (Wildman–Crippen MR) is 146 cm³/mol. The molecule has 1 aromatic carbocycles. The lowest BCUT2D eigenvalue weighted by Crippen LogP contribution is -2.36. The van der Waals surface area contributed by atoms with Crippen molar-refractivity contribution in [3.05, 3.63) is 46.7 Å². The molecule has 0 radical (unpaired) electrons. The molecule has 0 spiro atoms. The lowest BCUT2D eigenvalue weighted by Gasteiger charge is -2.30. The van der Waals surface area contributed by atoms with Crippen LogP contribution in [-0.4, -0.2) is 70.1 Å². The van der Waals surface area contributed by atoms with Gasteiger partial charge < -0.3 is 14.7 Å². The normalized spacial score (nSPS) is 16.6. The Hall–Kier alpha value is -3.78. The van der Waals surface area contributed by atoms with E-state index in [0.29, 0.717) is 44.0 Å². The molecule has 3 aromatic rings. The Labute approximate surface area is 238 Å². The lowest BCUT2D eigenvalue weighted by molar-refractivity contribution is -0.142. The number of rotatable bonds is 8. The molecule has 218 valence electrons. The molecule has 1 amide bonds. The predicted octanol–water partition coefficient (Wildman–Crippen LogP) is 4.78. The van der Waals surface area contributed by atoms with Crippen molar-refractivity contribution in [1.82, 2.24) is 19.9 Å². The van der Waals surface area contributed by atoms with Gasteiger partial charge in [-0.1, -0.05) is 11.3 Å². The molecule has 10 nitrogen and oxygen atoms in total. The van der Waals surface area contributed by atoms with E-state index >= 15 is 0 Å². The van der Waals surface area contributed by atoms with Gasteiger partial charge in [0.1, 0.15) is 17.3 Å². The summed E-state index contributed by atoms with van der Waals surface area (Å²) in [5.74, 6) is -1.45. The molecule has 2 saturated heterocycles. The third-order valence-corrected chi connectivity index (χ3v) is 8.26. The number of aliphatic carboxylic acids is 1. The number of ether oxygens (including phenoxy) is 1. The first-order valence-corrected chi connectivity index (χ1v) is 14.0. The molecule has 14 heteroatoms. The summed E-state index contributed by atoms with van der Waals surface area (Å²) in [7, 11) is 1.19. The molecule has 0 unspecified atom stereocenters. The highest BCUT2D eigenvalue weighted by atomic mass is 32.1. The van der Waals surface area contributed by atoms with E-state index < -0.39 is 23.6 Å². The van der Waals surface area contributed by atoms with Gasteiger partial charge >= 0.3 is 12.1 Å². The smallest absolute Gasteiger partial charge is 0.419 e. The minimum absolute atomic E-state index is 0.0517. The number of methoxy groups -OCH3 is 1. The van der Waals surface area contributed by atoms with E-state index in [1.165, 1.54) is 43.0 Å². The summed E-state index contributed by atoms with van der Waals surface area (Å²) >= 11 is 1.21. The van der Waals surface area contributed by atoms with Crippen LogP contribution in [0.25, 0.3) is 11.3 Å². The van der Waals surface area contributed by atoms with Gasteiger partial charge in [0.25, 0.3) is 5.91 Å². The Bertz CT molecular complexity index is 1400. The maximum absolute atomic E-state index is 13.7. The van der Waals surface area contributed by atoms with Crippen molar-refractivity contribution in [2.24, 2.45) is 5.92 Å². The highest BCUT2D eigenvalue weighted by Gasteiger charge is 2.35. The molecular weight excluding hydrogens is 561 g/mol. The number of halogens is 3. The third-order valence-electron chi connectivity index (χ3n) is 7.30. The Balaban J connectivity index is 1.35. The maximum atomic E-state index is 13.7. The average molecular weight is 591 g/mol. The summed E-state index contributed by atoms with van der Waals surface area (Å²) in [4.78, 5) is 42.1. The fourth-order valence-corrected chi connectivity index (χ4v) is 6.10. The number of carboxylic acid groups (broad SMARTS) is 1. The van der Waals surface area contributed by atoms with E-state index in [4.69, 9.17) is 4.74 Å². The number of thiazole rings is 1. The summed E-state index contributed by atoms with van der Waals surface area (Å²) in [6.45, 7) is 3.32. The summed E-state index contributed by atoms with van der Waals surface area (Å²) in [5.41, 5.74) is -0.196. The van der Waals surface area contributed by atoms with Gasteiger partial charge in [-0.2, -0.15) is 13.2 Å². The number of hydrogen-bond acceptors (Lipinski definition) is 9. The fraction of sp³-hybridized carbons (Fsp3) is 0.444. The summed E-state index contributed by atoms with van der Waals surface area (Å²) in [6.07, 6.45) is 1.30. The number of anilines is 2. The maximum Gasteiger partial charge on any atom is 0.419 e. The molecule has 5 rings (SSSR count).